The van der Waals surface area contributed by atoms with E-state index >= 15 is 0 Å². The van der Waals surface area contributed by atoms with Crippen LogP contribution in [0.15, 0.2) is 61.2 Å². The highest BCUT2D eigenvalue weighted by Gasteiger charge is 2.11. The third kappa shape index (κ3) is 3.21. The number of anilines is 2. The van der Waals surface area contributed by atoms with Gasteiger partial charge in [-0.2, -0.15) is 0 Å². The highest BCUT2D eigenvalue weighted by atomic mass is 16.1. The number of nitrogens with zero attached hydrogens (tertiary/aromatic N) is 4. The molecule has 0 radical (unpaired) electrons. The Kier molecular flexibility index (Phi) is 4.05. The summed E-state index contributed by atoms with van der Waals surface area (Å²) < 4.78 is 1.88. The van der Waals surface area contributed by atoms with E-state index in [1.54, 1.807) is 24.5 Å². The second-order valence-electron chi connectivity index (χ2n) is 5.22. The van der Waals surface area contributed by atoms with Gasteiger partial charge < -0.3 is 14.8 Å². The van der Waals surface area contributed by atoms with E-state index in [2.05, 4.69) is 15.3 Å². The van der Waals surface area contributed by atoms with E-state index in [1.165, 1.54) is 0 Å². The van der Waals surface area contributed by atoms with Crippen LogP contribution in [0.3, 0.4) is 0 Å². The summed E-state index contributed by atoms with van der Waals surface area (Å²) >= 11 is 0. The lowest BCUT2D eigenvalue weighted by molar-refractivity contribution is 0.102. The largest absolute Gasteiger partial charge is 0.361 e. The van der Waals surface area contributed by atoms with Gasteiger partial charge in [0.15, 0.2) is 5.82 Å². The molecule has 0 spiro atoms. The van der Waals surface area contributed by atoms with Crippen molar-refractivity contribution in [2.75, 3.05) is 24.3 Å². The Hall–Kier alpha value is -3.15. The fraction of sp³-hybridized carbons (Fsp3) is 0.118. The van der Waals surface area contributed by atoms with Crippen LogP contribution in [-0.4, -0.2) is 34.5 Å². The van der Waals surface area contributed by atoms with Crippen molar-refractivity contribution in [3.8, 4) is 5.82 Å². The van der Waals surface area contributed by atoms with Crippen molar-refractivity contribution >= 4 is 17.4 Å². The Labute approximate surface area is 134 Å². The maximum atomic E-state index is 12.4. The lowest BCUT2D eigenvalue weighted by atomic mass is 10.2. The molecule has 0 aromatic carbocycles. The van der Waals surface area contributed by atoms with Crippen LogP contribution in [0, 0.1) is 0 Å². The standard InChI is InChI=1S/C17H17N5O/c1-21(2)16-14(6-5-9-18-16)20-17(23)13-7-8-15(19-12-13)22-10-3-4-11-22/h3-12H,1-2H3,(H,20,23). The van der Waals surface area contributed by atoms with Crippen molar-refractivity contribution < 1.29 is 4.79 Å². The lowest BCUT2D eigenvalue weighted by Crippen LogP contribution is -2.18. The quantitative estimate of drug-likeness (QED) is 0.804. The monoisotopic (exact) mass is 307 g/mol. The highest BCUT2D eigenvalue weighted by Crippen LogP contribution is 2.21. The number of carbonyl (C=O) groups excluding carboxylic acids is 1. The number of rotatable bonds is 4. The average Bonchev–Trinajstić information content (AvgIpc) is 3.10. The molecule has 3 aromatic heterocycles. The second kappa shape index (κ2) is 6.31. The molecule has 3 aromatic rings. The Morgan fingerprint density at radius 2 is 1.87 bits per heavy atom. The van der Waals surface area contributed by atoms with Crippen LogP contribution >= 0.6 is 0 Å². The first-order chi connectivity index (χ1) is 11.1. The van der Waals surface area contributed by atoms with Crippen molar-refractivity contribution in [1.82, 2.24) is 14.5 Å². The number of hydrogen-bond donors (Lipinski definition) is 1. The molecule has 23 heavy (non-hydrogen) atoms. The molecule has 0 unspecified atom stereocenters. The lowest BCUT2D eigenvalue weighted by Gasteiger charge is -2.16. The van der Waals surface area contributed by atoms with E-state index < -0.39 is 0 Å². The fourth-order valence-corrected chi connectivity index (χ4v) is 2.21. The second-order valence-corrected chi connectivity index (χ2v) is 5.22. The van der Waals surface area contributed by atoms with Gasteiger partial charge in [-0.3, -0.25) is 4.79 Å². The minimum absolute atomic E-state index is 0.215. The average molecular weight is 307 g/mol. The van der Waals surface area contributed by atoms with Crippen LogP contribution < -0.4 is 10.2 Å². The van der Waals surface area contributed by atoms with Gasteiger partial charge in [0.05, 0.1) is 11.3 Å². The van der Waals surface area contributed by atoms with Gasteiger partial charge in [0, 0.05) is 38.9 Å². The summed E-state index contributed by atoms with van der Waals surface area (Å²) in [5.41, 5.74) is 1.16. The SMILES string of the molecule is CN(C)c1ncccc1NC(=O)c1ccc(-n2cccc2)nc1. The molecule has 0 fully saturated rings. The summed E-state index contributed by atoms with van der Waals surface area (Å²) in [5.74, 6) is 1.26. The predicted octanol–water partition coefficient (Wildman–Crippen LogP) is 2.59. The van der Waals surface area contributed by atoms with Gasteiger partial charge in [-0.25, -0.2) is 9.97 Å². The van der Waals surface area contributed by atoms with Crippen LogP contribution in [0.2, 0.25) is 0 Å². The van der Waals surface area contributed by atoms with Crippen molar-refractivity contribution in [1.29, 1.82) is 0 Å². The normalized spacial score (nSPS) is 10.3. The molecule has 0 aliphatic rings. The van der Waals surface area contributed by atoms with Gasteiger partial charge in [-0.15, -0.1) is 0 Å². The summed E-state index contributed by atoms with van der Waals surface area (Å²) in [4.78, 5) is 22.8. The fourth-order valence-electron chi connectivity index (χ4n) is 2.21. The molecule has 116 valence electrons. The zero-order valence-corrected chi connectivity index (χ0v) is 13.0. The maximum absolute atomic E-state index is 12.4. The zero-order chi connectivity index (χ0) is 16.2. The van der Waals surface area contributed by atoms with E-state index in [9.17, 15) is 4.79 Å². The van der Waals surface area contributed by atoms with E-state index in [0.29, 0.717) is 17.1 Å². The molecule has 6 heteroatoms. The molecule has 0 saturated heterocycles. The van der Waals surface area contributed by atoms with Crippen molar-refractivity contribution in [3.05, 3.63) is 66.7 Å². The molecule has 6 nitrogen and oxygen atoms in total. The number of amides is 1. The molecule has 3 rings (SSSR count). The first kappa shape index (κ1) is 14.8. The summed E-state index contributed by atoms with van der Waals surface area (Å²) in [6, 6.07) is 11.0. The Morgan fingerprint density at radius 3 is 2.52 bits per heavy atom. The first-order valence-corrected chi connectivity index (χ1v) is 7.18. The van der Waals surface area contributed by atoms with Crippen LogP contribution in [0.4, 0.5) is 11.5 Å². The molecule has 0 atom stereocenters. The maximum Gasteiger partial charge on any atom is 0.257 e. The molecule has 0 saturated carbocycles. The molecule has 0 aliphatic carbocycles. The predicted molar refractivity (Wildman–Crippen MR) is 90.1 cm³/mol. The minimum atomic E-state index is -0.215. The van der Waals surface area contributed by atoms with Crippen LogP contribution in [0.25, 0.3) is 5.82 Å². The van der Waals surface area contributed by atoms with Gasteiger partial charge in [-0.1, -0.05) is 0 Å². The molecule has 1 amide bonds. The zero-order valence-electron chi connectivity index (χ0n) is 13.0. The highest BCUT2D eigenvalue weighted by molar-refractivity contribution is 6.05. The van der Waals surface area contributed by atoms with Gasteiger partial charge >= 0.3 is 0 Å². The molecular formula is C17H17N5O. The molecule has 0 aliphatic heterocycles. The van der Waals surface area contributed by atoms with Gasteiger partial charge in [0.25, 0.3) is 5.91 Å². The van der Waals surface area contributed by atoms with Gasteiger partial charge in [0.2, 0.25) is 0 Å². The van der Waals surface area contributed by atoms with Crippen molar-refractivity contribution in [2.24, 2.45) is 0 Å². The topological polar surface area (TPSA) is 63.1 Å². The number of pyridine rings is 2. The van der Waals surface area contributed by atoms with Crippen molar-refractivity contribution in [2.45, 2.75) is 0 Å². The van der Waals surface area contributed by atoms with E-state index in [0.717, 1.165) is 5.82 Å². The van der Waals surface area contributed by atoms with Gasteiger partial charge in [0.1, 0.15) is 5.82 Å². The Balaban J connectivity index is 1.79. The van der Waals surface area contributed by atoms with Crippen molar-refractivity contribution in [3.63, 3.8) is 0 Å². The summed E-state index contributed by atoms with van der Waals surface area (Å²) in [5, 5.41) is 2.87. The molecular weight excluding hydrogens is 290 g/mol. The third-order valence-electron chi connectivity index (χ3n) is 3.34. The number of carbonyl (C=O) groups is 1. The van der Waals surface area contributed by atoms with E-state index in [4.69, 9.17) is 0 Å². The van der Waals surface area contributed by atoms with Crippen LogP contribution in [-0.2, 0) is 0 Å². The minimum Gasteiger partial charge on any atom is -0.361 e. The number of nitrogens with one attached hydrogen (secondary N) is 1. The summed E-state index contributed by atoms with van der Waals surface area (Å²) in [7, 11) is 3.76. The van der Waals surface area contributed by atoms with Gasteiger partial charge in [-0.05, 0) is 36.4 Å². The molecule has 0 bridgehead atoms. The van der Waals surface area contributed by atoms with Crippen LogP contribution in [0.1, 0.15) is 10.4 Å². The molecule has 3 heterocycles. The number of hydrogen-bond acceptors (Lipinski definition) is 4. The Morgan fingerprint density at radius 1 is 1.09 bits per heavy atom. The van der Waals surface area contributed by atoms with E-state index in [-0.39, 0.29) is 5.91 Å². The third-order valence-corrected chi connectivity index (χ3v) is 3.34. The molecule has 1 N–H and O–H groups in total. The summed E-state index contributed by atoms with van der Waals surface area (Å²) in [6.45, 7) is 0. The van der Waals surface area contributed by atoms with E-state index in [1.807, 2.05) is 60.2 Å². The Bertz CT molecular complexity index is 794. The van der Waals surface area contributed by atoms with Crippen LogP contribution in [0.5, 0.6) is 0 Å². The smallest absolute Gasteiger partial charge is 0.257 e. The number of aromatic nitrogens is 3. The first-order valence-electron chi connectivity index (χ1n) is 7.18. The summed E-state index contributed by atoms with van der Waals surface area (Å²) in [6.07, 6.45) is 7.07.